The van der Waals surface area contributed by atoms with Crippen LogP contribution in [0, 0.1) is 0 Å². The molecule has 0 saturated carbocycles. The van der Waals surface area contributed by atoms with Crippen molar-refractivity contribution >= 4 is 51.2 Å². The third kappa shape index (κ3) is 4.47. The van der Waals surface area contributed by atoms with Crippen LogP contribution in [-0.2, 0) is 10.0 Å². The first kappa shape index (κ1) is 18.5. The molecule has 1 heterocycles. The van der Waals surface area contributed by atoms with Crippen LogP contribution >= 0.6 is 0 Å². The Hall–Kier alpha value is -1.55. The summed E-state index contributed by atoms with van der Waals surface area (Å²) in [6.07, 6.45) is 0. The first-order valence-corrected chi connectivity index (χ1v) is 7.28. The van der Waals surface area contributed by atoms with Gasteiger partial charge in [0.15, 0.2) is 0 Å². The zero-order valence-corrected chi connectivity index (χ0v) is 15.2. The molecule has 0 fully saturated rings. The molecule has 0 aliphatic rings. The molecular weight excluding hydrogens is 319 g/mol. The Kier molecular flexibility index (Phi) is 6.42. The minimum atomic E-state index is -3.82. The molecule has 3 N–H and O–H groups in total. The van der Waals surface area contributed by atoms with E-state index in [1.54, 1.807) is 0 Å². The van der Waals surface area contributed by atoms with Gasteiger partial charge in [0.2, 0.25) is 17.7 Å². The number of nitrogens with one attached hydrogen (secondary N) is 1. The van der Waals surface area contributed by atoms with Crippen molar-refractivity contribution in [1.29, 1.82) is 0 Å². The predicted molar refractivity (Wildman–Crippen MR) is 82.6 cm³/mol. The smallest absolute Gasteiger partial charge is 0.264 e. The fourth-order valence-corrected chi connectivity index (χ4v) is 2.43. The molecule has 22 heavy (non-hydrogen) atoms. The number of benzene rings is 1. The van der Waals surface area contributed by atoms with E-state index in [1.165, 1.54) is 44.6 Å². The Morgan fingerprint density at radius 2 is 1.55 bits per heavy atom. The van der Waals surface area contributed by atoms with Gasteiger partial charge < -0.3 is 15.2 Å². The Labute approximate surface area is 150 Å². The summed E-state index contributed by atoms with van der Waals surface area (Å²) < 4.78 is 36.6. The van der Waals surface area contributed by atoms with Gasteiger partial charge in [-0.3, -0.25) is 0 Å². The van der Waals surface area contributed by atoms with E-state index in [-0.39, 0.29) is 52.2 Å². The fraction of sp³-hybridized carbons (Fsp3) is 0.167. The molecule has 0 aliphatic heterocycles. The van der Waals surface area contributed by atoms with Crippen molar-refractivity contribution < 1.29 is 17.9 Å². The van der Waals surface area contributed by atoms with Crippen molar-refractivity contribution in [3.63, 3.8) is 0 Å². The first-order valence-electron chi connectivity index (χ1n) is 5.80. The number of methoxy groups -OCH3 is 2. The Balaban J connectivity index is 0.00000242. The molecule has 10 heteroatoms. The summed E-state index contributed by atoms with van der Waals surface area (Å²) in [7, 11) is -1.02. The van der Waals surface area contributed by atoms with Crippen LogP contribution < -0.4 is 19.9 Å². The zero-order valence-electron chi connectivity index (χ0n) is 12.4. The van der Waals surface area contributed by atoms with Crippen molar-refractivity contribution in [3.8, 4) is 11.8 Å². The molecule has 0 aliphatic carbocycles. The molecule has 113 valence electrons. The summed E-state index contributed by atoms with van der Waals surface area (Å²) in [4.78, 5) is 7.84. The Bertz CT molecular complexity index is 715. The largest absolute Gasteiger partial charge is 0.481 e. The van der Waals surface area contributed by atoms with Gasteiger partial charge in [0.05, 0.1) is 25.2 Å². The molecule has 2 rings (SSSR count). The second-order valence-corrected chi connectivity index (χ2v) is 5.63. The van der Waals surface area contributed by atoms with Gasteiger partial charge in [-0.15, -0.1) is 0 Å². The normalized spacial score (nSPS) is 10.5. The summed E-state index contributed by atoms with van der Waals surface area (Å²) in [5.41, 5.74) is 5.99. The standard InChI is InChI=1S/C12H14N4O4S.Na/c1-19-10-7-11(20-2)15-12(14-10)16-21(17,18)9-5-3-8(13)4-6-9;/h3-7H,13H2,1-2H3,(H,14,15,16);. The minimum Gasteiger partial charge on any atom is -0.481 e. The average Bonchev–Trinajstić information content (AvgIpc) is 2.46. The molecule has 0 atom stereocenters. The maximum atomic E-state index is 12.2. The van der Waals surface area contributed by atoms with E-state index in [1.807, 2.05) is 0 Å². The van der Waals surface area contributed by atoms with E-state index in [9.17, 15) is 8.42 Å². The topological polar surface area (TPSA) is 116 Å². The molecule has 0 bridgehead atoms. The van der Waals surface area contributed by atoms with E-state index in [2.05, 4.69) is 14.7 Å². The number of sulfonamides is 1. The van der Waals surface area contributed by atoms with Gasteiger partial charge in [0.25, 0.3) is 10.0 Å². The number of ether oxygens (including phenoxy) is 2. The molecule has 0 spiro atoms. The number of aromatic nitrogens is 2. The van der Waals surface area contributed by atoms with Gasteiger partial charge in [-0.05, 0) is 24.3 Å². The maximum absolute atomic E-state index is 12.2. The van der Waals surface area contributed by atoms with Crippen LogP contribution in [0.5, 0.6) is 11.8 Å². The molecule has 2 aromatic rings. The quantitative estimate of drug-likeness (QED) is 0.604. The van der Waals surface area contributed by atoms with E-state index >= 15 is 0 Å². The van der Waals surface area contributed by atoms with Crippen molar-refractivity contribution in [2.24, 2.45) is 0 Å². The van der Waals surface area contributed by atoms with E-state index in [4.69, 9.17) is 15.2 Å². The van der Waals surface area contributed by atoms with Gasteiger partial charge in [-0.2, -0.15) is 9.97 Å². The number of hydrogen-bond acceptors (Lipinski definition) is 7. The monoisotopic (exact) mass is 333 g/mol. The summed E-state index contributed by atoms with van der Waals surface area (Å²) in [6.45, 7) is 0. The summed E-state index contributed by atoms with van der Waals surface area (Å²) in [5, 5.41) is 0. The minimum absolute atomic E-state index is 0. The number of nitrogens with zero attached hydrogens (tertiary/aromatic N) is 2. The fourth-order valence-electron chi connectivity index (χ4n) is 1.48. The van der Waals surface area contributed by atoms with Crippen LogP contribution in [0.15, 0.2) is 35.2 Å². The van der Waals surface area contributed by atoms with Crippen molar-refractivity contribution in [2.75, 3.05) is 24.7 Å². The number of nitrogen functional groups attached to an aromatic ring is 1. The predicted octanol–water partition coefficient (Wildman–Crippen LogP) is 0.496. The van der Waals surface area contributed by atoms with Crippen LogP contribution in [0.3, 0.4) is 0 Å². The van der Waals surface area contributed by atoms with Crippen LogP contribution in [0.25, 0.3) is 0 Å². The third-order valence-corrected chi connectivity index (χ3v) is 3.86. The van der Waals surface area contributed by atoms with Crippen LogP contribution in [0.2, 0.25) is 0 Å². The summed E-state index contributed by atoms with van der Waals surface area (Å²) >= 11 is 0. The van der Waals surface area contributed by atoms with E-state index < -0.39 is 10.0 Å². The summed E-state index contributed by atoms with van der Waals surface area (Å²) in [5.74, 6) is 0.205. The second-order valence-electron chi connectivity index (χ2n) is 3.95. The summed E-state index contributed by atoms with van der Waals surface area (Å²) in [6, 6.07) is 7.17. The van der Waals surface area contributed by atoms with E-state index in [0.29, 0.717) is 5.69 Å². The van der Waals surface area contributed by atoms with Crippen LogP contribution in [0.4, 0.5) is 11.6 Å². The van der Waals surface area contributed by atoms with Gasteiger partial charge in [-0.1, -0.05) is 0 Å². The SMILES string of the molecule is COc1cc(OC)nc(NS(=O)(=O)c2ccc(N)cc2)n1.[Na]. The zero-order chi connectivity index (χ0) is 15.5. The molecule has 1 aromatic carbocycles. The Morgan fingerprint density at radius 3 is 2.00 bits per heavy atom. The van der Waals surface area contributed by atoms with Gasteiger partial charge in [-0.25, -0.2) is 13.1 Å². The first-order chi connectivity index (χ1) is 9.94. The average molecular weight is 333 g/mol. The van der Waals surface area contributed by atoms with Gasteiger partial charge in [0, 0.05) is 35.2 Å². The van der Waals surface area contributed by atoms with Gasteiger partial charge >= 0.3 is 0 Å². The van der Waals surface area contributed by atoms with Gasteiger partial charge in [0.1, 0.15) is 0 Å². The molecule has 1 aromatic heterocycles. The molecule has 8 nitrogen and oxygen atoms in total. The van der Waals surface area contributed by atoms with E-state index in [0.717, 1.165) is 0 Å². The number of rotatable bonds is 5. The van der Waals surface area contributed by atoms with Crippen molar-refractivity contribution in [3.05, 3.63) is 30.3 Å². The molecule has 0 unspecified atom stereocenters. The second kappa shape index (κ2) is 7.63. The number of hydrogen-bond donors (Lipinski definition) is 2. The Morgan fingerprint density at radius 1 is 1.05 bits per heavy atom. The number of nitrogens with two attached hydrogens (primary N) is 1. The molecular formula is C12H14N4NaO4S. The van der Waals surface area contributed by atoms with Crippen LogP contribution in [-0.4, -0.2) is 62.2 Å². The number of anilines is 2. The maximum Gasteiger partial charge on any atom is 0.264 e. The van der Waals surface area contributed by atoms with Crippen molar-refractivity contribution in [1.82, 2.24) is 9.97 Å². The molecule has 0 saturated heterocycles. The third-order valence-electron chi connectivity index (χ3n) is 2.51. The molecule has 0 amide bonds. The molecule has 1 radical (unpaired) electrons. The van der Waals surface area contributed by atoms with Crippen LogP contribution in [0.1, 0.15) is 0 Å². The van der Waals surface area contributed by atoms with Crippen molar-refractivity contribution in [2.45, 2.75) is 4.90 Å².